The van der Waals surface area contributed by atoms with Gasteiger partial charge in [-0.15, -0.1) is 0 Å². The summed E-state index contributed by atoms with van der Waals surface area (Å²) in [5, 5.41) is 0. The zero-order valence-electron chi connectivity index (χ0n) is 18.9. The first-order chi connectivity index (χ1) is 15.9. The van der Waals surface area contributed by atoms with Gasteiger partial charge in [-0.3, -0.25) is 9.69 Å². The highest BCUT2D eigenvalue weighted by Crippen LogP contribution is 2.40. The molecule has 0 aromatic heterocycles. The van der Waals surface area contributed by atoms with E-state index in [1.165, 1.54) is 18.4 Å². The molecule has 2 aromatic rings. The number of amides is 1. The molecule has 5 nitrogen and oxygen atoms in total. The molecule has 0 bridgehead atoms. The van der Waals surface area contributed by atoms with Crippen LogP contribution in [0.2, 0.25) is 0 Å². The highest BCUT2D eigenvalue weighted by atomic mass is 19.3. The van der Waals surface area contributed by atoms with Crippen LogP contribution in [0.1, 0.15) is 42.7 Å². The van der Waals surface area contributed by atoms with Crippen LogP contribution in [-0.4, -0.2) is 55.6 Å². The molecular formula is C26H30F2N2O3. The summed E-state index contributed by atoms with van der Waals surface area (Å²) in [4.78, 5) is 16.5. The Kier molecular flexibility index (Phi) is 5.99. The van der Waals surface area contributed by atoms with Crippen LogP contribution in [0.3, 0.4) is 0 Å². The quantitative estimate of drug-likeness (QED) is 0.574. The third-order valence-corrected chi connectivity index (χ3v) is 6.75. The summed E-state index contributed by atoms with van der Waals surface area (Å²) >= 11 is 0. The number of halogens is 2. The Labute approximate surface area is 193 Å². The minimum Gasteiger partial charge on any atom is -0.492 e. The molecule has 1 aliphatic carbocycles. The highest BCUT2D eigenvalue weighted by molar-refractivity contribution is 5.99. The topological polar surface area (TPSA) is 42.0 Å². The van der Waals surface area contributed by atoms with Gasteiger partial charge in [0.05, 0.1) is 6.54 Å². The Bertz CT molecular complexity index is 1010. The molecule has 176 valence electrons. The van der Waals surface area contributed by atoms with E-state index in [2.05, 4.69) is 12.1 Å². The van der Waals surface area contributed by atoms with E-state index < -0.39 is 12.0 Å². The molecule has 1 atom stereocenters. The molecule has 0 radical (unpaired) electrons. The van der Waals surface area contributed by atoms with E-state index in [1.54, 1.807) is 9.80 Å². The van der Waals surface area contributed by atoms with Gasteiger partial charge in [-0.05, 0) is 67.1 Å². The first-order valence-electron chi connectivity index (χ1n) is 11.8. The number of carbonyl (C=O) groups excluding carboxylic acids is 1. The molecule has 3 aliphatic rings. The summed E-state index contributed by atoms with van der Waals surface area (Å²) in [5.74, 6) is -0.483. The number of anilines is 1. The predicted molar refractivity (Wildman–Crippen MR) is 122 cm³/mol. The number of benzene rings is 2. The van der Waals surface area contributed by atoms with E-state index in [0.717, 1.165) is 17.0 Å². The molecule has 0 spiro atoms. The Morgan fingerprint density at radius 3 is 2.52 bits per heavy atom. The molecule has 1 amide bonds. The van der Waals surface area contributed by atoms with Gasteiger partial charge in [-0.25, -0.2) is 8.78 Å². The zero-order valence-corrected chi connectivity index (χ0v) is 18.9. The Morgan fingerprint density at radius 2 is 1.85 bits per heavy atom. The first-order valence-corrected chi connectivity index (χ1v) is 11.8. The van der Waals surface area contributed by atoms with Crippen LogP contribution < -0.4 is 14.4 Å². The lowest BCUT2D eigenvalue weighted by Crippen LogP contribution is -2.32. The monoisotopic (exact) mass is 456 g/mol. The first kappa shape index (κ1) is 22.1. The van der Waals surface area contributed by atoms with Crippen molar-refractivity contribution in [2.75, 3.05) is 37.7 Å². The number of hydrogen-bond acceptors (Lipinski definition) is 4. The molecule has 33 heavy (non-hydrogen) atoms. The minimum absolute atomic E-state index is 0.0377. The van der Waals surface area contributed by atoms with Crippen LogP contribution in [0.25, 0.3) is 0 Å². The molecule has 0 N–H and O–H groups in total. The second-order valence-electron chi connectivity index (χ2n) is 9.41. The molecule has 2 aromatic carbocycles. The normalized spacial score (nSPS) is 22.7. The zero-order chi connectivity index (χ0) is 23.0. The maximum atomic E-state index is 13.3. The number of likely N-dealkylation sites (tertiary alicyclic amines) is 1. The third-order valence-electron chi connectivity index (χ3n) is 6.75. The average molecular weight is 457 g/mol. The van der Waals surface area contributed by atoms with Gasteiger partial charge < -0.3 is 14.4 Å². The van der Waals surface area contributed by atoms with Crippen LogP contribution in [0.5, 0.6) is 11.5 Å². The van der Waals surface area contributed by atoms with Gasteiger partial charge in [0.25, 0.3) is 11.8 Å². The minimum atomic E-state index is -2.58. The van der Waals surface area contributed by atoms with Crippen LogP contribution in [0.4, 0.5) is 14.5 Å². The van der Waals surface area contributed by atoms with E-state index in [9.17, 15) is 13.6 Å². The van der Waals surface area contributed by atoms with Crippen LogP contribution in [-0.2, 0) is 4.79 Å². The SMILES string of the molecule is Cc1cc(N2CC[C@H](Oc3ccc(C4CC4)cc3)C2=O)ccc1OCCN1CCC(F)(F)C1. The van der Waals surface area contributed by atoms with Gasteiger partial charge in [-0.2, -0.15) is 0 Å². The molecule has 3 fully saturated rings. The number of carbonyl (C=O) groups is 1. The number of nitrogens with zero attached hydrogens (tertiary/aromatic N) is 2. The maximum absolute atomic E-state index is 13.3. The van der Waals surface area contributed by atoms with Crippen molar-refractivity contribution in [3.63, 3.8) is 0 Å². The van der Waals surface area contributed by atoms with Crippen LogP contribution >= 0.6 is 0 Å². The number of ether oxygens (including phenoxy) is 2. The molecule has 0 unspecified atom stereocenters. The van der Waals surface area contributed by atoms with Crippen molar-refractivity contribution in [1.82, 2.24) is 4.90 Å². The van der Waals surface area contributed by atoms with Crippen molar-refractivity contribution in [1.29, 1.82) is 0 Å². The molecular weight excluding hydrogens is 426 g/mol. The van der Waals surface area contributed by atoms with Crippen molar-refractivity contribution in [3.8, 4) is 11.5 Å². The van der Waals surface area contributed by atoms with Crippen LogP contribution in [0.15, 0.2) is 42.5 Å². The van der Waals surface area contributed by atoms with Gasteiger partial charge in [0, 0.05) is 38.2 Å². The Hall–Kier alpha value is -2.67. The molecule has 2 heterocycles. The standard InChI is InChI=1S/C26H30F2N2O3/c1-18-16-21(6-9-23(18)32-15-14-29-13-11-26(27,28)17-29)30-12-10-24(25(30)31)33-22-7-4-20(5-8-22)19-2-3-19/h4-9,16,19,24H,2-3,10-15,17H2,1H3/t24-/m0/s1. The lowest BCUT2D eigenvalue weighted by Gasteiger charge is -2.20. The van der Waals surface area contributed by atoms with Gasteiger partial charge in [0.1, 0.15) is 18.1 Å². The summed E-state index contributed by atoms with van der Waals surface area (Å²) in [5.41, 5.74) is 3.07. The second kappa shape index (κ2) is 8.93. The van der Waals surface area contributed by atoms with E-state index in [0.29, 0.717) is 44.3 Å². The molecule has 7 heteroatoms. The van der Waals surface area contributed by atoms with E-state index in [-0.39, 0.29) is 18.9 Å². The number of alkyl halides is 2. The van der Waals surface area contributed by atoms with Crippen molar-refractivity contribution in [2.45, 2.75) is 50.6 Å². The Morgan fingerprint density at radius 1 is 1.06 bits per heavy atom. The van der Waals surface area contributed by atoms with Gasteiger partial charge in [0.15, 0.2) is 6.10 Å². The van der Waals surface area contributed by atoms with Crippen molar-refractivity contribution < 1.29 is 23.0 Å². The third kappa shape index (κ3) is 5.13. The molecule has 1 saturated carbocycles. The smallest absolute Gasteiger partial charge is 0.268 e. The maximum Gasteiger partial charge on any atom is 0.268 e. The second-order valence-corrected chi connectivity index (χ2v) is 9.41. The predicted octanol–water partition coefficient (Wildman–Crippen LogP) is 4.78. The van der Waals surface area contributed by atoms with E-state index in [1.807, 2.05) is 37.3 Å². The molecule has 2 aliphatic heterocycles. The summed E-state index contributed by atoms with van der Waals surface area (Å²) in [6.45, 7) is 3.57. The lowest BCUT2D eigenvalue weighted by molar-refractivity contribution is -0.122. The number of rotatable bonds is 8. The number of aryl methyl sites for hydroxylation is 1. The summed E-state index contributed by atoms with van der Waals surface area (Å²) in [7, 11) is 0. The van der Waals surface area contributed by atoms with Crippen molar-refractivity contribution >= 4 is 11.6 Å². The Balaban J connectivity index is 1.15. The van der Waals surface area contributed by atoms with E-state index >= 15 is 0 Å². The fourth-order valence-corrected chi connectivity index (χ4v) is 4.66. The van der Waals surface area contributed by atoms with Crippen LogP contribution in [0, 0.1) is 6.92 Å². The summed E-state index contributed by atoms with van der Waals surface area (Å²) in [6.07, 6.45) is 2.60. The largest absolute Gasteiger partial charge is 0.492 e. The molecule has 2 saturated heterocycles. The average Bonchev–Trinajstić information content (AvgIpc) is 3.50. The van der Waals surface area contributed by atoms with E-state index in [4.69, 9.17) is 9.47 Å². The fraction of sp³-hybridized carbons (Fsp3) is 0.500. The lowest BCUT2D eigenvalue weighted by atomic mass is 10.1. The van der Waals surface area contributed by atoms with Gasteiger partial charge in [-0.1, -0.05) is 12.1 Å². The summed E-state index contributed by atoms with van der Waals surface area (Å²) in [6, 6.07) is 13.8. The summed E-state index contributed by atoms with van der Waals surface area (Å²) < 4.78 is 38.4. The van der Waals surface area contributed by atoms with Crippen molar-refractivity contribution in [3.05, 3.63) is 53.6 Å². The van der Waals surface area contributed by atoms with Gasteiger partial charge >= 0.3 is 0 Å². The number of hydrogen-bond donors (Lipinski definition) is 0. The highest BCUT2D eigenvalue weighted by Gasteiger charge is 2.38. The fourth-order valence-electron chi connectivity index (χ4n) is 4.66. The van der Waals surface area contributed by atoms with Crippen molar-refractivity contribution in [2.24, 2.45) is 0 Å². The van der Waals surface area contributed by atoms with Gasteiger partial charge in [0.2, 0.25) is 0 Å². The molecule has 5 rings (SSSR count).